The van der Waals surface area contributed by atoms with Gasteiger partial charge < -0.3 is 9.30 Å². The number of hydrogen-bond donors (Lipinski definition) is 1. The smallest absolute Gasteiger partial charge is 0.270 e. The number of carbonyl (C=O) groups is 2. The second kappa shape index (κ2) is 8.98. The summed E-state index contributed by atoms with van der Waals surface area (Å²) in [5.74, 6) is -0.456. The van der Waals surface area contributed by atoms with Crippen molar-refractivity contribution in [1.29, 1.82) is 0 Å². The summed E-state index contributed by atoms with van der Waals surface area (Å²) in [5.41, 5.74) is 2.91. The molecule has 6 nitrogen and oxygen atoms in total. The number of anilines is 1. The summed E-state index contributed by atoms with van der Waals surface area (Å²) in [6, 6.07) is 16.3. The van der Waals surface area contributed by atoms with Crippen LogP contribution in [0.1, 0.15) is 18.2 Å². The van der Waals surface area contributed by atoms with Crippen LogP contribution in [0.15, 0.2) is 66.4 Å². The Hall–Kier alpha value is -3.42. The van der Waals surface area contributed by atoms with Crippen molar-refractivity contribution in [2.75, 3.05) is 11.5 Å². The molecule has 1 aliphatic heterocycles. The van der Waals surface area contributed by atoms with Gasteiger partial charge >= 0.3 is 0 Å². The van der Waals surface area contributed by atoms with Crippen LogP contribution in [-0.4, -0.2) is 28.1 Å². The van der Waals surface area contributed by atoms with Gasteiger partial charge in [0.15, 0.2) is 5.11 Å². The van der Waals surface area contributed by atoms with Gasteiger partial charge in [0.1, 0.15) is 11.3 Å². The molecule has 0 saturated carbocycles. The standard InChI is InChI=1S/C24H20ClN3O3S/c1-3-31-19-8-4-6-18(12-19)28-23(30)20(22(29)26-24(28)32)13-16-7-5-11-27(16)17-10-9-15(2)21(25)14-17/h4-14H,3H2,1-2H3,(H,26,29,32)/b20-13+. The number of ether oxygens (including phenoxy) is 1. The minimum Gasteiger partial charge on any atom is -0.494 e. The molecule has 2 amide bonds. The molecule has 0 unspecified atom stereocenters. The van der Waals surface area contributed by atoms with Gasteiger partial charge in [0.05, 0.1) is 12.3 Å². The van der Waals surface area contributed by atoms with Crippen LogP contribution in [0.4, 0.5) is 5.69 Å². The average Bonchev–Trinajstić information content (AvgIpc) is 3.22. The first-order chi connectivity index (χ1) is 15.4. The topological polar surface area (TPSA) is 63.6 Å². The first kappa shape index (κ1) is 21.8. The first-order valence-corrected chi connectivity index (χ1v) is 10.8. The highest BCUT2D eigenvalue weighted by atomic mass is 35.5. The molecule has 4 rings (SSSR count). The van der Waals surface area contributed by atoms with Gasteiger partial charge in [-0.05, 0) is 74.1 Å². The zero-order valence-corrected chi connectivity index (χ0v) is 19.0. The van der Waals surface area contributed by atoms with Crippen LogP contribution >= 0.6 is 23.8 Å². The second-order valence-electron chi connectivity index (χ2n) is 7.12. The fourth-order valence-electron chi connectivity index (χ4n) is 3.40. The van der Waals surface area contributed by atoms with Crippen molar-refractivity contribution < 1.29 is 14.3 Å². The van der Waals surface area contributed by atoms with Crippen LogP contribution in [0, 0.1) is 6.92 Å². The van der Waals surface area contributed by atoms with Crippen LogP contribution in [-0.2, 0) is 9.59 Å². The van der Waals surface area contributed by atoms with E-state index in [-0.39, 0.29) is 10.7 Å². The highest BCUT2D eigenvalue weighted by Crippen LogP contribution is 2.27. The van der Waals surface area contributed by atoms with Crippen molar-refractivity contribution in [1.82, 2.24) is 9.88 Å². The van der Waals surface area contributed by atoms with Gasteiger partial charge in [-0.2, -0.15) is 0 Å². The van der Waals surface area contributed by atoms with E-state index in [9.17, 15) is 9.59 Å². The Balaban J connectivity index is 1.73. The lowest BCUT2D eigenvalue weighted by molar-refractivity contribution is -0.122. The summed E-state index contributed by atoms with van der Waals surface area (Å²) < 4.78 is 7.38. The number of nitrogens with zero attached hydrogens (tertiary/aromatic N) is 2. The van der Waals surface area contributed by atoms with Gasteiger partial charge in [0.2, 0.25) is 0 Å². The number of benzene rings is 2. The molecule has 0 atom stereocenters. The number of halogens is 1. The van der Waals surface area contributed by atoms with Gasteiger partial charge in [-0.15, -0.1) is 0 Å². The molecule has 1 aliphatic rings. The van der Waals surface area contributed by atoms with Crippen molar-refractivity contribution in [3.05, 3.63) is 82.6 Å². The predicted molar refractivity (Wildman–Crippen MR) is 129 cm³/mol. The summed E-state index contributed by atoms with van der Waals surface area (Å²) in [4.78, 5) is 27.3. The molecule has 2 aromatic carbocycles. The van der Waals surface area contributed by atoms with Gasteiger partial charge in [-0.1, -0.05) is 23.7 Å². The van der Waals surface area contributed by atoms with E-state index in [1.54, 1.807) is 30.3 Å². The van der Waals surface area contributed by atoms with Crippen molar-refractivity contribution in [3.63, 3.8) is 0 Å². The lowest BCUT2D eigenvalue weighted by Crippen LogP contribution is -2.54. The Morgan fingerprint density at radius 3 is 2.66 bits per heavy atom. The van der Waals surface area contributed by atoms with E-state index in [0.717, 1.165) is 11.3 Å². The van der Waals surface area contributed by atoms with Crippen molar-refractivity contribution in [2.24, 2.45) is 0 Å². The van der Waals surface area contributed by atoms with Crippen molar-refractivity contribution in [2.45, 2.75) is 13.8 Å². The highest BCUT2D eigenvalue weighted by molar-refractivity contribution is 7.80. The van der Waals surface area contributed by atoms with E-state index in [1.165, 1.54) is 4.90 Å². The van der Waals surface area contributed by atoms with Gasteiger partial charge in [0.25, 0.3) is 11.8 Å². The van der Waals surface area contributed by atoms with Gasteiger partial charge in [-0.25, -0.2) is 0 Å². The largest absolute Gasteiger partial charge is 0.494 e. The Bertz CT molecular complexity index is 1260. The number of carbonyl (C=O) groups excluding carboxylic acids is 2. The van der Waals surface area contributed by atoms with E-state index < -0.39 is 11.8 Å². The molecular weight excluding hydrogens is 446 g/mol. The molecule has 3 aromatic rings. The van der Waals surface area contributed by atoms with Gasteiger partial charge in [-0.3, -0.25) is 19.8 Å². The zero-order valence-electron chi connectivity index (χ0n) is 17.5. The molecule has 1 fully saturated rings. The Morgan fingerprint density at radius 1 is 1.09 bits per heavy atom. The Kier molecular flexibility index (Phi) is 6.12. The fourth-order valence-corrected chi connectivity index (χ4v) is 3.85. The number of nitrogens with one attached hydrogen (secondary N) is 1. The number of aryl methyl sites for hydroxylation is 1. The van der Waals surface area contributed by atoms with Crippen LogP contribution < -0.4 is 15.0 Å². The minimum absolute atomic E-state index is 0.0199. The molecule has 0 aliphatic carbocycles. The summed E-state index contributed by atoms with van der Waals surface area (Å²) in [5, 5.41) is 3.26. The molecule has 8 heteroatoms. The maximum absolute atomic E-state index is 13.3. The van der Waals surface area contributed by atoms with E-state index in [4.69, 9.17) is 28.6 Å². The van der Waals surface area contributed by atoms with Crippen molar-refractivity contribution in [3.8, 4) is 11.4 Å². The number of thiocarbonyl (C=S) groups is 1. The van der Waals surface area contributed by atoms with E-state index in [2.05, 4.69) is 5.32 Å². The van der Waals surface area contributed by atoms with Crippen LogP contribution in [0.2, 0.25) is 5.02 Å². The fraction of sp³-hybridized carbons (Fsp3) is 0.125. The van der Waals surface area contributed by atoms with Crippen LogP contribution in [0.5, 0.6) is 5.75 Å². The molecule has 1 aromatic heterocycles. The molecule has 1 saturated heterocycles. The summed E-state index contributed by atoms with van der Waals surface area (Å²) in [6.07, 6.45) is 3.39. The Morgan fingerprint density at radius 2 is 1.91 bits per heavy atom. The third kappa shape index (κ3) is 4.17. The normalized spacial score (nSPS) is 15.3. The summed E-state index contributed by atoms with van der Waals surface area (Å²) >= 11 is 11.6. The number of hydrogen-bond acceptors (Lipinski definition) is 4. The molecule has 0 radical (unpaired) electrons. The quantitative estimate of drug-likeness (QED) is 0.338. The van der Waals surface area contributed by atoms with Crippen molar-refractivity contribution >= 4 is 52.5 Å². The number of amides is 2. The lowest BCUT2D eigenvalue weighted by Gasteiger charge is -2.29. The van der Waals surface area contributed by atoms with E-state index in [0.29, 0.717) is 28.8 Å². The highest BCUT2D eigenvalue weighted by Gasteiger charge is 2.34. The first-order valence-electron chi connectivity index (χ1n) is 9.97. The SMILES string of the molecule is CCOc1cccc(N2C(=O)/C(=C/c3cccn3-c3ccc(C)c(Cl)c3)C(=O)NC2=S)c1. The minimum atomic E-state index is -0.549. The van der Waals surface area contributed by atoms with Crippen LogP contribution in [0.25, 0.3) is 11.8 Å². The van der Waals surface area contributed by atoms with Gasteiger partial charge in [0, 0.05) is 28.7 Å². The predicted octanol–water partition coefficient (Wildman–Crippen LogP) is 4.67. The number of aromatic nitrogens is 1. The van der Waals surface area contributed by atoms with E-state index in [1.807, 2.05) is 54.9 Å². The molecule has 32 heavy (non-hydrogen) atoms. The number of rotatable bonds is 5. The molecule has 0 bridgehead atoms. The molecule has 2 heterocycles. The molecular formula is C24H20ClN3O3S. The Labute approximate surface area is 196 Å². The average molecular weight is 466 g/mol. The van der Waals surface area contributed by atoms with E-state index >= 15 is 0 Å². The summed E-state index contributed by atoms with van der Waals surface area (Å²) in [7, 11) is 0. The molecule has 1 N–H and O–H groups in total. The third-order valence-corrected chi connectivity index (χ3v) is 5.69. The monoisotopic (exact) mass is 465 g/mol. The molecule has 162 valence electrons. The molecule has 0 spiro atoms. The third-order valence-electron chi connectivity index (χ3n) is 4.99. The summed E-state index contributed by atoms with van der Waals surface area (Å²) in [6.45, 7) is 4.29. The zero-order chi connectivity index (χ0) is 22.8. The lowest BCUT2D eigenvalue weighted by atomic mass is 10.1. The second-order valence-corrected chi connectivity index (χ2v) is 7.92. The maximum Gasteiger partial charge on any atom is 0.270 e. The maximum atomic E-state index is 13.3. The van der Waals surface area contributed by atoms with Crippen LogP contribution in [0.3, 0.4) is 0 Å².